The molecule has 1 aliphatic heterocycles. The van der Waals surface area contributed by atoms with Crippen molar-refractivity contribution in [3.8, 4) is 17.2 Å². The highest BCUT2D eigenvalue weighted by atomic mass is 32.2. The Labute approximate surface area is 210 Å². The lowest BCUT2D eigenvalue weighted by molar-refractivity contribution is -0.137. The third-order valence-electron chi connectivity index (χ3n) is 5.97. The van der Waals surface area contributed by atoms with E-state index in [0.717, 1.165) is 40.7 Å². The van der Waals surface area contributed by atoms with Crippen molar-refractivity contribution in [3.05, 3.63) is 83.4 Å². The van der Waals surface area contributed by atoms with Crippen LogP contribution in [0.15, 0.2) is 65.7 Å². The third-order valence-corrected chi connectivity index (χ3v) is 7.90. The highest BCUT2D eigenvalue weighted by Crippen LogP contribution is 2.32. The quantitative estimate of drug-likeness (QED) is 0.479. The largest absolute Gasteiger partial charge is 0.416 e. The number of nitrogens with one attached hydrogen (secondary N) is 1. The number of hydrogen-bond acceptors (Lipinski definition) is 5. The van der Waals surface area contributed by atoms with Crippen molar-refractivity contribution in [3.63, 3.8) is 0 Å². The predicted octanol–water partition coefficient (Wildman–Crippen LogP) is 4.25. The first-order valence-electron chi connectivity index (χ1n) is 11.1. The number of amides is 1. The van der Waals surface area contributed by atoms with Crippen molar-refractivity contribution in [2.24, 2.45) is 0 Å². The highest BCUT2D eigenvalue weighted by Gasteiger charge is 2.39. The first-order chi connectivity index (χ1) is 17.5. The summed E-state index contributed by atoms with van der Waals surface area (Å²) >= 11 is 0. The van der Waals surface area contributed by atoms with Crippen molar-refractivity contribution in [1.29, 1.82) is 5.26 Å². The first-order valence-corrected chi connectivity index (χ1v) is 12.6. The van der Waals surface area contributed by atoms with E-state index in [2.05, 4.69) is 10.3 Å². The monoisotopic (exact) mass is 532 g/mol. The minimum Gasteiger partial charge on any atom is -0.349 e. The maximum atomic E-state index is 13.2. The fourth-order valence-corrected chi connectivity index (χ4v) is 5.75. The maximum Gasteiger partial charge on any atom is 0.416 e. The molecule has 37 heavy (non-hydrogen) atoms. The zero-order chi connectivity index (χ0) is 26.8. The van der Waals surface area contributed by atoms with E-state index in [9.17, 15) is 36.0 Å². The van der Waals surface area contributed by atoms with Crippen molar-refractivity contribution < 1.29 is 30.8 Å². The molecule has 3 aromatic rings. The van der Waals surface area contributed by atoms with Crippen LogP contribution in [0.2, 0.25) is 0 Å². The lowest BCUT2D eigenvalue weighted by Gasteiger charge is -2.23. The molecule has 1 atom stereocenters. The number of alkyl halides is 3. The van der Waals surface area contributed by atoms with E-state index in [1.165, 1.54) is 24.4 Å². The molecule has 0 spiro atoms. The minimum absolute atomic E-state index is 0.0981. The summed E-state index contributed by atoms with van der Waals surface area (Å²) in [5, 5.41) is 12.1. The minimum atomic E-state index is -4.50. The number of sulfonamides is 1. The normalized spacial score (nSPS) is 16.4. The molecule has 192 valence electrons. The maximum absolute atomic E-state index is 13.2. The summed E-state index contributed by atoms with van der Waals surface area (Å²) in [6.45, 7) is 0.0318. The van der Waals surface area contributed by atoms with E-state index >= 15 is 0 Å². The average Bonchev–Trinajstić information content (AvgIpc) is 3.38. The van der Waals surface area contributed by atoms with Gasteiger partial charge in [-0.2, -0.15) is 22.7 Å². The van der Waals surface area contributed by atoms with E-state index in [-0.39, 0.29) is 23.5 Å². The molecule has 2 heterocycles. The molecule has 1 fully saturated rings. The van der Waals surface area contributed by atoms with Crippen LogP contribution in [0.25, 0.3) is 11.1 Å². The average molecular weight is 533 g/mol. The molecule has 1 unspecified atom stereocenters. The van der Waals surface area contributed by atoms with Gasteiger partial charge in [0.2, 0.25) is 15.9 Å². The molecule has 0 saturated carbocycles. The van der Waals surface area contributed by atoms with Gasteiger partial charge in [-0.25, -0.2) is 12.8 Å². The van der Waals surface area contributed by atoms with Crippen molar-refractivity contribution >= 4 is 15.9 Å². The van der Waals surface area contributed by atoms with Crippen molar-refractivity contribution in [2.75, 3.05) is 6.54 Å². The molecule has 1 amide bonds. The predicted molar refractivity (Wildman–Crippen MR) is 125 cm³/mol. The zero-order valence-electron chi connectivity index (χ0n) is 19.2. The molecule has 4 rings (SSSR count). The lowest BCUT2D eigenvalue weighted by atomic mass is 10.00. The van der Waals surface area contributed by atoms with Crippen LogP contribution in [0, 0.1) is 17.1 Å². The number of halogens is 4. The zero-order valence-corrected chi connectivity index (χ0v) is 20.0. The lowest BCUT2D eigenvalue weighted by Crippen LogP contribution is -2.45. The fraction of sp³-hybridized carbons (Fsp3) is 0.240. The first kappa shape index (κ1) is 26.2. The van der Waals surface area contributed by atoms with Gasteiger partial charge in [0.15, 0.2) is 0 Å². The van der Waals surface area contributed by atoms with Gasteiger partial charge < -0.3 is 5.32 Å². The summed E-state index contributed by atoms with van der Waals surface area (Å²) in [5.74, 6) is -1.13. The molecule has 2 aromatic carbocycles. The van der Waals surface area contributed by atoms with Gasteiger partial charge in [0.1, 0.15) is 17.9 Å². The van der Waals surface area contributed by atoms with Crippen LogP contribution in [0.4, 0.5) is 17.6 Å². The van der Waals surface area contributed by atoms with Crippen LogP contribution in [0.1, 0.15) is 29.7 Å². The molecule has 1 aliphatic rings. The van der Waals surface area contributed by atoms with Gasteiger partial charge in [0.25, 0.3) is 0 Å². The van der Waals surface area contributed by atoms with Gasteiger partial charge in [-0.3, -0.25) is 9.78 Å². The molecule has 0 radical (unpaired) electrons. The van der Waals surface area contributed by atoms with Gasteiger partial charge >= 0.3 is 6.18 Å². The van der Waals surface area contributed by atoms with Crippen LogP contribution in [-0.4, -0.2) is 36.2 Å². The van der Waals surface area contributed by atoms with Crippen LogP contribution >= 0.6 is 0 Å². The second kappa shape index (κ2) is 10.3. The van der Waals surface area contributed by atoms with Crippen molar-refractivity contribution in [1.82, 2.24) is 14.6 Å². The number of pyridine rings is 1. The second-order valence-corrected chi connectivity index (χ2v) is 10.2. The topological polar surface area (TPSA) is 103 Å². The van der Waals surface area contributed by atoms with E-state index in [1.807, 2.05) is 6.07 Å². The van der Waals surface area contributed by atoms with Gasteiger partial charge in [-0.05, 0) is 60.9 Å². The SMILES string of the molecule is N#Cc1cnc(CNC(=O)C2CCCN2S(=O)(=O)c2ccc(F)cc2)cc1-c1ccc(C(F)(F)F)cc1. The number of nitrogens with zero attached hydrogens (tertiary/aromatic N) is 3. The number of carbonyl (C=O) groups excluding carboxylic acids is 1. The Morgan fingerprint density at radius 2 is 1.81 bits per heavy atom. The van der Waals surface area contributed by atoms with E-state index < -0.39 is 39.5 Å². The Kier molecular flexibility index (Phi) is 7.29. The number of hydrogen-bond donors (Lipinski definition) is 1. The summed E-state index contributed by atoms with van der Waals surface area (Å²) in [6, 6.07) is 11.1. The number of nitriles is 1. The molecule has 1 saturated heterocycles. The summed E-state index contributed by atoms with van der Waals surface area (Å²) < 4.78 is 79.0. The Morgan fingerprint density at radius 3 is 2.43 bits per heavy atom. The van der Waals surface area contributed by atoms with Gasteiger partial charge in [0, 0.05) is 18.3 Å². The van der Waals surface area contributed by atoms with Crippen molar-refractivity contribution in [2.45, 2.75) is 36.5 Å². The van der Waals surface area contributed by atoms with Crippen LogP contribution in [-0.2, 0) is 27.5 Å². The van der Waals surface area contributed by atoms with Crippen LogP contribution in [0.5, 0.6) is 0 Å². The Morgan fingerprint density at radius 1 is 1.14 bits per heavy atom. The number of benzene rings is 2. The highest BCUT2D eigenvalue weighted by molar-refractivity contribution is 7.89. The number of aromatic nitrogens is 1. The third kappa shape index (κ3) is 5.63. The Balaban J connectivity index is 1.50. The molecule has 1 N–H and O–H groups in total. The summed E-state index contributed by atoms with van der Waals surface area (Å²) in [5.41, 5.74) is 0.354. The fourth-order valence-electron chi connectivity index (χ4n) is 4.09. The smallest absolute Gasteiger partial charge is 0.349 e. The molecule has 0 bridgehead atoms. The molecular formula is C25H20F4N4O3S. The molecular weight excluding hydrogens is 512 g/mol. The molecule has 0 aliphatic carbocycles. The van der Waals surface area contributed by atoms with Crippen LogP contribution in [0.3, 0.4) is 0 Å². The van der Waals surface area contributed by atoms with Gasteiger partial charge in [-0.15, -0.1) is 0 Å². The molecule has 7 nitrogen and oxygen atoms in total. The second-order valence-electron chi connectivity index (χ2n) is 8.35. The number of rotatable bonds is 6. The van der Waals surface area contributed by atoms with E-state index in [1.54, 1.807) is 0 Å². The van der Waals surface area contributed by atoms with Gasteiger partial charge in [0.05, 0.1) is 28.3 Å². The Bertz CT molecular complexity index is 1450. The Hall–Kier alpha value is -3.82. The number of carbonyl (C=O) groups is 1. The van der Waals surface area contributed by atoms with Gasteiger partial charge in [-0.1, -0.05) is 12.1 Å². The molecule has 1 aromatic heterocycles. The standard InChI is InChI=1S/C25H20F4N4O3S/c26-19-7-9-21(10-8-19)37(35,36)33-11-1-2-23(33)24(34)32-15-20-12-22(17(13-30)14-31-20)16-3-5-18(6-4-16)25(27,28)29/h3-10,12,14,23H,1-2,11,15H2,(H,32,34). The molecule has 12 heteroatoms. The summed E-state index contributed by atoms with van der Waals surface area (Å²) in [4.78, 5) is 16.9. The van der Waals surface area contributed by atoms with E-state index in [4.69, 9.17) is 0 Å². The van der Waals surface area contributed by atoms with E-state index in [0.29, 0.717) is 29.7 Å². The summed E-state index contributed by atoms with van der Waals surface area (Å²) in [6.07, 6.45) is -2.48. The summed E-state index contributed by atoms with van der Waals surface area (Å²) in [7, 11) is -4.02. The van der Waals surface area contributed by atoms with Crippen LogP contribution < -0.4 is 5.32 Å².